The van der Waals surface area contributed by atoms with E-state index in [0.717, 1.165) is 16.8 Å². The van der Waals surface area contributed by atoms with Crippen molar-refractivity contribution < 1.29 is 4.74 Å². The predicted octanol–water partition coefficient (Wildman–Crippen LogP) is 6.51. The number of rotatable bonds is 5. The molecule has 5 aromatic rings. The molecule has 0 unspecified atom stereocenters. The smallest absolute Gasteiger partial charge is 0.348 e. The summed E-state index contributed by atoms with van der Waals surface area (Å²) in [5, 5.41) is 0.387. The van der Waals surface area contributed by atoms with E-state index in [1.165, 1.54) is 0 Å². The van der Waals surface area contributed by atoms with Gasteiger partial charge < -0.3 is 4.74 Å². The van der Waals surface area contributed by atoms with Crippen LogP contribution in [-0.4, -0.2) is 19.9 Å². The highest BCUT2D eigenvalue weighted by Gasteiger charge is 2.18. The second kappa shape index (κ2) is 12.2. The Bertz CT molecular complexity index is 1650. The highest BCUT2D eigenvalue weighted by Crippen LogP contribution is 2.36. The Morgan fingerprint density at radius 1 is 0.842 bits per heavy atom. The zero-order valence-corrected chi connectivity index (χ0v) is 21.8. The molecule has 0 aliphatic heterocycles. The van der Waals surface area contributed by atoms with Crippen LogP contribution in [0.1, 0.15) is 29.8 Å². The first-order chi connectivity index (χ1) is 18.1. The van der Waals surface area contributed by atoms with Crippen molar-refractivity contribution in [2.75, 3.05) is 0 Å². The number of ether oxygens (including phenoxy) is 1. The lowest BCUT2D eigenvalue weighted by atomic mass is 10.1. The number of aromatic nitrogens is 4. The van der Waals surface area contributed by atoms with Crippen LogP contribution in [0.2, 0.25) is 5.02 Å². The summed E-state index contributed by atoms with van der Waals surface area (Å²) in [6, 6.07) is 28.1. The molecule has 0 saturated carbocycles. The van der Waals surface area contributed by atoms with Gasteiger partial charge in [-0.2, -0.15) is 4.98 Å². The van der Waals surface area contributed by atoms with Crippen LogP contribution in [0.25, 0.3) is 22.8 Å². The van der Waals surface area contributed by atoms with Crippen LogP contribution in [0, 0.1) is 11.8 Å². The number of pyridine rings is 1. The molecule has 0 radical (unpaired) electrons. The van der Waals surface area contributed by atoms with Crippen LogP contribution in [0.3, 0.4) is 0 Å². The topological polar surface area (TPSA) is 80.8 Å². The maximum absolute atomic E-state index is 12.5. The summed E-state index contributed by atoms with van der Waals surface area (Å²) in [5.41, 5.74) is 3.14. The lowest BCUT2D eigenvalue weighted by molar-refractivity contribution is 0.223. The number of nitrogens with zero attached hydrogens (tertiary/aromatic N) is 3. The second-order valence-electron chi connectivity index (χ2n) is 8.15. The molecule has 1 atom stereocenters. The van der Waals surface area contributed by atoms with E-state index in [0.29, 0.717) is 21.9 Å². The van der Waals surface area contributed by atoms with Gasteiger partial charge >= 0.3 is 5.69 Å². The fourth-order valence-corrected chi connectivity index (χ4v) is 3.96. The first-order valence-corrected chi connectivity index (χ1v) is 12.0. The second-order valence-corrected chi connectivity index (χ2v) is 8.55. The number of halogens is 2. The van der Waals surface area contributed by atoms with E-state index in [4.69, 9.17) is 16.3 Å². The standard InChI is InChI=1S/C30H21ClN4O2.ClH/c1-20(25-11-5-6-19-32-25)37-26-12-7-10-24(31)27(26)29-33-28(34-30(36)35-29)23-17-15-22(16-18-23)14-13-21-8-3-2-4-9-21;/h2-12,15-20H,1H3,(H,33,34,35,36);1H/t20-;/m0./s1. The zero-order chi connectivity index (χ0) is 25.6. The fraction of sp³-hybridized carbons (Fsp3) is 0.0667. The van der Waals surface area contributed by atoms with E-state index in [1.54, 1.807) is 24.4 Å². The van der Waals surface area contributed by atoms with Crippen molar-refractivity contribution in [3.8, 4) is 40.4 Å². The Morgan fingerprint density at radius 2 is 1.55 bits per heavy atom. The third kappa shape index (κ3) is 6.27. The molecule has 2 aromatic heterocycles. The average Bonchev–Trinajstić information content (AvgIpc) is 2.93. The molecule has 0 aliphatic rings. The fourth-order valence-electron chi connectivity index (χ4n) is 3.70. The number of hydrogen-bond acceptors (Lipinski definition) is 5. The highest BCUT2D eigenvalue weighted by molar-refractivity contribution is 6.33. The van der Waals surface area contributed by atoms with Crippen molar-refractivity contribution in [1.29, 1.82) is 0 Å². The van der Waals surface area contributed by atoms with Gasteiger partial charge in [-0.3, -0.25) is 9.97 Å². The van der Waals surface area contributed by atoms with Gasteiger partial charge in [0.1, 0.15) is 17.7 Å². The van der Waals surface area contributed by atoms with Gasteiger partial charge in [-0.25, -0.2) is 9.78 Å². The number of aromatic amines is 1. The molecule has 6 nitrogen and oxygen atoms in total. The summed E-state index contributed by atoms with van der Waals surface area (Å²) in [7, 11) is 0. The maximum atomic E-state index is 12.5. The Balaban J connectivity index is 0.00000336. The summed E-state index contributed by atoms with van der Waals surface area (Å²) in [4.78, 5) is 28.3. The van der Waals surface area contributed by atoms with Gasteiger partial charge in [0, 0.05) is 22.9 Å². The molecule has 0 saturated heterocycles. The van der Waals surface area contributed by atoms with Crippen LogP contribution in [-0.2, 0) is 0 Å². The highest BCUT2D eigenvalue weighted by atomic mass is 35.5. The molecule has 5 rings (SSSR count). The van der Waals surface area contributed by atoms with E-state index in [2.05, 4.69) is 31.8 Å². The van der Waals surface area contributed by atoms with Gasteiger partial charge in [0.25, 0.3) is 0 Å². The van der Waals surface area contributed by atoms with Crippen LogP contribution < -0.4 is 10.4 Å². The number of nitrogens with one attached hydrogen (secondary N) is 1. The van der Waals surface area contributed by atoms with E-state index in [-0.39, 0.29) is 30.2 Å². The minimum Gasteiger partial charge on any atom is -0.484 e. The molecular weight excluding hydrogens is 519 g/mol. The quantitative estimate of drug-likeness (QED) is 0.257. The monoisotopic (exact) mass is 540 g/mol. The number of hydrogen-bond donors (Lipinski definition) is 1. The SMILES string of the molecule is C[C@H](Oc1cccc(Cl)c1-c1nc(-c2ccc(C#Cc3ccccc3)cc2)nc(=O)[nH]1)c1ccccn1.Cl. The Kier molecular flexibility index (Phi) is 8.55. The lowest BCUT2D eigenvalue weighted by Crippen LogP contribution is -2.15. The van der Waals surface area contributed by atoms with E-state index < -0.39 is 5.69 Å². The third-order valence-electron chi connectivity index (χ3n) is 5.54. The zero-order valence-electron chi connectivity index (χ0n) is 20.3. The van der Waals surface area contributed by atoms with Crippen LogP contribution in [0.15, 0.2) is 102 Å². The van der Waals surface area contributed by atoms with Crippen molar-refractivity contribution in [2.45, 2.75) is 13.0 Å². The van der Waals surface area contributed by atoms with Gasteiger partial charge in [-0.1, -0.05) is 53.8 Å². The molecular formula is C30H22Cl2N4O2. The Labute approximate surface area is 231 Å². The summed E-state index contributed by atoms with van der Waals surface area (Å²) >= 11 is 6.56. The summed E-state index contributed by atoms with van der Waals surface area (Å²) in [6.45, 7) is 1.89. The van der Waals surface area contributed by atoms with Gasteiger partial charge in [0.2, 0.25) is 0 Å². The van der Waals surface area contributed by atoms with Gasteiger partial charge in [0.05, 0.1) is 16.3 Å². The van der Waals surface area contributed by atoms with E-state index in [9.17, 15) is 4.79 Å². The molecule has 1 N–H and O–H groups in total. The molecule has 0 spiro atoms. The lowest BCUT2D eigenvalue weighted by Gasteiger charge is -2.17. The molecule has 38 heavy (non-hydrogen) atoms. The summed E-state index contributed by atoms with van der Waals surface area (Å²) < 4.78 is 6.19. The van der Waals surface area contributed by atoms with E-state index in [1.807, 2.05) is 79.7 Å². The minimum absolute atomic E-state index is 0. The molecule has 8 heteroatoms. The summed E-state index contributed by atoms with van der Waals surface area (Å²) in [5.74, 6) is 7.27. The molecule has 188 valence electrons. The van der Waals surface area contributed by atoms with Crippen molar-refractivity contribution in [1.82, 2.24) is 19.9 Å². The summed E-state index contributed by atoms with van der Waals surface area (Å²) in [6.07, 6.45) is 1.36. The van der Waals surface area contributed by atoms with E-state index >= 15 is 0 Å². The van der Waals surface area contributed by atoms with Crippen molar-refractivity contribution in [3.63, 3.8) is 0 Å². The van der Waals surface area contributed by atoms with Crippen LogP contribution in [0.5, 0.6) is 5.75 Å². The van der Waals surface area contributed by atoms with Gasteiger partial charge in [-0.05, 0) is 67.6 Å². The largest absolute Gasteiger partial charge is 0.484 e. The molecule has 2 heterocycles. The minimum atomic E-state index is -0.545. The maximum Gasteiger partial charge on any atom is 0.348 e. The molecule has 0 aliphatic carbocycles. The van der Waals surface area contributed by atoms with Crippen LogP contribution in [0.4, 0.5) is 0 Å². The van der Waals surface area contributed by atoms with Crippen LogP contribution >= 0.6 is 24.0 Å². The van der Waals surface area contributed by atoms with Gasteiger partial charge in [-0.15, -0.1) is 12.4 Å². The normalized spacial score (nSPS) is 11.0. The Hall–Kier alpha value is -4.44. The average molecular weight is 541 g/mol. The van der Waals surface area contributed by atoms with Gasteiger partial charge in [0.15, 0.2) is 5.82 Å². The predicted molar refractivity (Wildman–Crippen MR) is 151 cm³/mol. The first-order valence-electron chi connectivity index (χ1n) is 11.6. The molecule has 0 fully saturated rings. The van der Waals surface area contributed by atoms with Crippen molar-refractivity contribution in [2.24, 2.45) is 0 Å². The first kappa shape index (κ1) is 26.6. The van der Waals surface area contributed by atoms with Crippen molar-refractivity contribution >= 4 is 24.0 Å². The third-order valence-corrected chi connectivity index (χ3v) is 5.85. The van der Waals surface area contributed by atoms with Crippen molar-refractivity contribution in [3.05, 3.63) is 130 Å². The molecule has 0 bridgehead atoms. The Morgan fingerprint density at radius 3 is 2.26 bits per heavy atom. The molecule has 3 aromatic carbocycles. The molecule has 0 amide bonds. The number of benzene rings is 3. The number of H-pyrrole nitrogens is 1.